The number of ether oxygens (including phenoxy) is 4. The molecule has 152 valence electrons. The van der Waals surface area contributed by atoms with E-state index in [9.17, 15) is 4.79 Å². The maximum Gasteiger partial charge on any atom is 0.253 e. The van der Waals surface area contributed by atoms with E-state index >= 15 is 0 Å². The van der Waals surface area contributed by atoms with Crippen LogP contribution >= 0.6 is 0 Å². The van der Waals surface area contributed by atoms with Crippen LogP contribution in [0.1, 0.15) is 23.7 Å². The van der Waals surface area contributed by atoms with Gasteiger partial charge in [0.1, 0.15) is 19.0 Å². The number of nitrogens with zero attached hydrogens (tertiary/aromatic N) is 1. The van der Waals surface area contributed by atoms with Gasteiger partial charge in [-0.1, -0.05) is 18.2 Å². The predicted molar refractivity (Wildman–Crippen MR) is 108 cm³/mol. The van der Waals surface area contributed by atoms with Crippen LogP contribution in [0.5, 0.6) is 17.2 Å². The molecule has 2 rings (SSSR count). The van der Waals surface area contributed by atoms with Crippen molar-refractivity contribution in [3.63, 3.8) is 0 Å². The van der Waals surface area contributed by atoms with Gasteiger partial charge in [0.05, 0.1) is 6.61 Å². The first-order valence-corrected chi connectivity index (χ1v) is 9.47. The van der Waals surface area contributed by atoms with E-state index in [0.717, 1.165) is 12.2 Å². The van der Waals surface area contributed by atoms with Crippen LogP contribution in [0.2, 0.25) is 0 Å². The normalized spacial score (nSPS) is 10.4. The molecule has 6 nitrogen and oxygen atoms in total. The summed E-state index contributed by atoms with van der Waals surface area (Å²) in [5.74, 6) is 1.89. The number of methoxy groups -OCH3 is 1. The minimum Gasteiger partial charge on any atom is -0.490 e. The van der Waals surface area contributed by atoms with Gasteiger partial charge in [-0.2, -0.15) is 0 Å². The monoisotopic (exact) mass is 387 g/mol. The first-order chi connectivity index (χ1) is 13.7. The Labute approximate surface area is 167 Å². The minimum absolute atomic E-state index is 0.0592. The highest BCUT2D eigenvalue weighted by Crippen LogP contribution is 2.29. The molecule has 28 heavy (non-hydrogen) atoms. The SMILES string of the molecule is CCOc1cc(C(=O)N(C)CCCOC)ccc1OCCOc1ccccc1. The van der Waals surface area contributed by atoms with Gasteiger partial charge >= 0.3 is 0 Å². The van der Waals surface area contributed by atoms with Crippen LogP contribution in [0.3, 0.4) is 0 Å². The van der Waals surface area contributed by atoms with Crippen molar-refractivity contribution in [2.24, 2.45) is 0 Å². The summed E-state index contributed by atoms with van der Waals surface area (Å²) in [6, 6.07) is 14.8. The van der Waals surface area contributed by atoms with E-state index in [0.29, 0.717) is 50.0 Å². The standard InChI is InChI=1S/C22H29NO5/c1-4-26-21-17-18(22(24)23(2)13-8-14-25-3)11-12-20(21)28-16-15-27-19-9-6-5-7-10-19/h5-7,9-12,17H,4,8,13-16H2,1-3H3. The van der Waals surface area contributed by atoms with Crippen LogP contribution < -0.4 is 14.2 Å². The second-order valence-electron chi connectivity index (χ2n) is 6.18. The van der Waals surface area contributed by atoms with Crippen molar-refractivity contribution in [3.05, 3.63) is 54.1 Å². The van der Waals surface area contributed by atoms with Crippen LogP contribution in [-0.2, 0) is 4.74 Å². The van der Waals surface area contributed by atoms with Crippen LogP contribution in [0.15, 0.2) is 48.5 Å². The molecule has 0 heterocycles. The van der Waals surface area contributed by atoms with E-state index in [1.54, 1.807) is 37.3 Å². The molecule has 2 aromatic rings. The highest BCUT2D eigenvalue weighted by atomic mass is 16.5. The van der Waals surface area contributed by atoms with Gasteiger partial charge in [0.15, 0.2) is 11.5 Å². The van der Waals surface area contributed by atoms with Gasteiger partial charge in [-0.15, -0.1) is 0 Å². The maximum absolute atomic E-state index is 12.6. The number of hydrogen-bond donors (Lipinski definition) is 0. The third-order valence-corrected chi connectivity index (χ3v) is 4.03. The Balaban J connectivity index is 1.94. The summed E-state index contributed by atoms with van der Waals surface area (Å²) in [5, 5.41) is 0. The minimum atomic E-state index is -0.0592. The zero-order valence-electron chi connectivity index (χ0n) is 16.8. The van der Waals surface area contributed by atoms with Gasteiger partial charge in [0.2, 0.25) is 0 Å². The molecule has 0 saturated heterocycles. The number of hydrogen-bond acceptors (Lipinski definition) is 5. The van der Waals surface area contributed by atoms with Crippen molar-refractivity contribution in [1.82, 2.24) is 4.90 Å². The third-order valence-electron chi connectivity index (χ3n) is 4.03. The van der Waals surface area contributed by atoms with Crippen LogP contribution in [0, 0.1) is 0 Å². The summed E-state index contributed by atoms with van der Waals surface area (Å²) in [7, 11) is 3.43. The lowest BCUT2D eigenvalue weighted by atomic mass is 10.1. The molecule has 2 aromatic carbocycles. The van der Waals surface area contributed by atoms with E-state index < -0.39 is 0 Å². The van der Waals surface area contributed by atoms with Crippen LogP contribution in [-0.4, -0.2) is 57.9 Å². The number of benzene rings is 2. The van der Waals surface area contributed by atoms with Gasteiger partial charge in [-0.05, 0) is 43.7 Å². The van der Waals surface area contributed by atoms with Crippen molar-refractivity contribution >= 4 is 5.91 Å². The summed E-state index contributed by atoms with van der Waals surface area (Å²) in [5.41, 5.74) is 0.566. The molecule has 0 N–H and O–H groups in total. The summed E-state index contributed by atoms with van der Waals surface area (Å²) in [6.45, 7) is 4.43. The Morgan fingerprint density at radius 3 is 2.39 bits per heavy atom. The topological polar surface area (TPSA) is 57.2 Å². The number of carbonyl (C=O) groups is 1. The van der Waals surface area contributed by atoms with Gasteiger partial charge in [-0.25, -0.2) is 0 Å². The Hall–Kier alpha value is -2.73. The van der Waals surface area contributed by atoms with Crippen molar-refractivity contribution in [2.75, 3.05) is 47.1 Å². The maximum atomic E-state index is 12.6. The Kier molecular flexibility index (Phi) is 9.15. The third kappa shape index (κ3) is 6.78. The second-order valence-corrected chi connectivity index (χ2v) is 6.18. The van der Waals surface area contributed by atoms with Gasteiger partial charge in [0, 0.05) is 32.9 Å². The Bertz CT molecular complexity index is 720. The number of rotatable bonds is 12. The molecular formula is C22H29NO5. The molecule has 0 radical (unpaired) electrons. The molecule has 0 aliphatic heterocycles. The lowest BCUT2D eigenvalue weighted by Crippen LogP contribution is -2.28. The molecule has 6 heteroatoms. The molecule has 0 unspecified atom stereocenters. The zero-order valence-corrected chi connectivity index (χ0v) is 16.8. The first kappa shape index (κ1) is 21.6. The van der Waals surface area contributed by atoms with Gasteiger partial charge in [0.25, 0.3) is 5.91 Å². The summed E-state index contributed by atoms with van der Waals surface area (Å²) >= 11 is 0. The molecule has 0 atom stereocenters. The van der Waals surface area contributed by atoms with Gasteiger partial charge in [-0.3, -0.25) is 4.79 Å². The largest absolute Gasteiger partial charge is 0.490 e. The average molecular weight is 387 g/mol. The fourth-order valence-electron chi connectivity index (χ4n) is 2.62. The van der Waals surface area contributed by atoms with Crippen molar-refractivity contribution in [3.8, 4) is 17.2 Å². The second kappa shape index (κ2) is 11.9. The Morgan fingerprint density at radius 1 is 0.929 bits per heavy atom. The average Bonchev–Trinajstić information content (AvgIpc) is 2.72. The van der Waals surface area contributed by atoms with Crippen molar-refractivity contribution in [2.45, 2.75) is 13.3 Å². The molecule has 0 aliphatic rings. The van der Waals surface area contributed by atoms with Crippen LogP contribution in [0.25, 0.3) is 0 Å². The summed E-state index contributed by atoms with van der Waals surface area (Å²) in [4.78, 5) is 14.3. The van der Waals surface area contributed by atoms with E-state index in [2.05, 4.69) is 0 Å². The molecule has 0 aliphatic carbocycles. The van der Waals surface area contributed by atoms with Crippen molar-refractivity contribution in [1.29, 1.82) is 0 Å². The van der Waals surface area contributed by atoms with Crippen LogP contribution in [0.4, 0.5) is 0 Å². The van der Waals surface area contributed by atoms with E-state index in [-0.39, 0.29) is 5.91 Å². The number of para-hydroxylation sites is 1. The highest BCUT2D eigenvalue weighted by Gasteiger charge is 2.15. The smallest absolute Gasteiger partial charge is 0.253 e. The molecule has 0 fully saturated rings. The summed E-state index contributed by atoms with van der Waals surface area (Å²) < 4.78 is 22.1. The number of carbonyl (C=O) groups excluding carboxylic acids is 1. The Morgan fingerprint density at radius 2 is 1.68 bits per heavy atom. The molecule has 0 spiro atoms. The lowest BCUT2D eigenvalue weighted by Gasteiger charge is -2.18. The fourth-order valence-corrected chi connectivity index (χ4v) is 2.62. The summed E-state index contributed by atoms with van der Waals surface area (Å²) in [6.07, 6.45) is 0.791. The lowest BCUT2D eigenvalue weighted by molar-refractivity contribution is 0.0778. The van der Waals surface area contributed by atoms with E-state index in [1.165, 1.54) is 0 Å². The molecular weight excluding hydrogens is 358 g/mol. The quantitative estimate of drug-likeness (QED) is 0.520. The van der Waals surface area contributed by atoms with E-state index in [1.807, 2.05) is 37.3 Å². The predicted octanol–water partition coefficient (Wildman–Crippen LogP) is 3.65. The molecule has 0 aromatic heterocycles. The van der Waals surface area contributed by atoms with Crippen molar-refractivity contribution < 1.29 is 23.7 Å². The fraction of sp³-hybridized carbons (Fsp3) is 0.409. The highest BCUT2D eigenvalue weighted by molar-refractivity contribution is 5.94. The molecule has 0 saturated carbocycles. The molecule has 0 bridgehead atoms. The molecule has 1 amide bonds. The van der Waals surface area contributed by atoms with Gasteiger partial charge < -0.3 is 23.8 Å². The first-order valence-electron chi connectivity index (χ1n) is 9.47. The zero-order chi connectivity index (χ0) is 20.2. The number of amides is 1. The van der Waals surface area contributed by atoms with E-state index in [4.69, 9.17) is 18.9 Å².